The van der Waals surface area contributed by atoms with Gasteiger partial charge in [0, 0.05) is 21.5 Å². The molecule has 10 nitrogen and oxygen atoms in total. The van der Waals surface area contributed by atoms with Crippen molar-refractivity contribution in [3.05, 3.63) is 36.4 Å². The van der Waals surface area contributed by atoms with E-state index in [1.54, 1.807) is 0 Å². The second-order valence-electron chi connectivity index (χ2n) is 6.31. The van der Waals surface area contributed by atoms with Gasteiger partial charge in [-0.15, -0.1) is 0 Å². The Morgan fingerprint density at radius 2 is 1.03 bits per heavy atom. The molecule has 0 heterocycles. The lowest BCUT2D eigenvalue weighted by Gasteiger charge is -2.18. The Balaban J connectivity index is 2.48. The van der Waals surface area contributed by atoms with Crippen LogP contribution < -0.4 is 5.73 Å². The van der Waals surface area contributed by atoms with Crippen LogP contribution in [-0.4, -0.2) is 38.9 Å². The van der Waals surface area contributed by atoms with Gasteiger partial charge >= 0.3 is 0 Å². The third kappa shape index (κ3) is 2.82. The Labute approximate surface area is 164 Å². The summed E-state index contributed by atoms with van der Waals surface area (Å²) in [6, 6.07) is 7.49. The van der Waals surface area contributed by atoms with Crippen LogP contribution in [0.25, 0.3) is 32.3 Å². The molecule has 13 heteroatoms. The Hall–Kier alpha value is -2.55. The van der Waals surface area contributed by atoms with Gasteiger partial charge < -0.3 is 5.73 Å². The first-order chi connectivity index (χ1) is 13.2. The van der Waals surface area contributed by atoms with Crippen molar-refractivity contribution in [1.82, 2.24) is 0 Å². The summed E-state index contributed by atoms with van der Waals surface area (Å²) in [6.45, 7) is 0. The summed E-state index contributed by atoms with van der Waals surface area (Å²) < 4.78 is 100. The maximum absolute atomic E-state index is 12.0. The Bertz CT molecular complexity index is 1620. The van der Waals surface area contributed by atoms with Crippen molar-refractivity contribution in [3.63, 3.8) is 0 Å². The normalized spacial score (nSPS) is 13.6. The fraction of sp³-hybridized carbons (Fsp3) is 0. The molecule has 0 aliphatic heterocycles. The number of rotatable bonds is 3. The zero-order valence-electron chi connectivity index (χ0n) is 14.1. The van der Waals surface area contributed by atoms with Crippen LogP contribution in [0.3, 0.4) is 0 Å². The predicted molar refractivity (Wildman–Crippen MR) is 104 cm³/mol. The lowest BCUT2D eigenvalue weighted by Crippen LogP contribution is -2.11. The average Bonchev–Trinajstić information content (AvgIpc) is 2.55. The van der Waals surface area contributed by atoms with Gasteiger partial charge in [-0.1, -0.05) is 30.3 Å². The summed E-state index contributed by atoms with van der Waals surface area (Å²) >= 11 is 0. The maximum atomic E-state index is 12.0. The molecule has 152 valence electrons. The van der Waals surface area contributed by atoms with Crippen molar-refractivity contribution in [2.24, 2.45) is 0 Å². The fourth-order valence-corrected chi connectivity index (χ4v) is 6.08. The van der Waals surface area contributed by atoms with Gasteiger partial charge in [0.25, 0.3) is 30.4 Å². The van der Waals surface area contributed by atoms with Gasteiger partial charge in [-0.05, 0) is 16.8 Å². The third-order valence-corrected chi connectivity index (χ3v) is 7.47. The second kappa shape index (κ2) is 5.75. The minimum atomic E-state index is -5.05. The van der Waals surface area contributed by atoms with Gasteiger partial charge in [0.1, 0.15) is 14.7 Å². The minimum absolute atomic E-state index is 0.0181. The molecule has 0 aromatic heterocycles. The summed E-state index contributed by atoms with van der Waals surface area (Å²) in [4.78, 5) is -2.37. The molecule has 0 spiro atoms. The lowest BCUT2D eigenvalue weighted by atomic mass is 9.93. The molecule has 0 bridgehead atoms. The van der Waals surface area contributed by atoms with Gasteiger partial charge in [0.2, 0.25) is 0 Å². The van der Waals surface area contributed by atoms with E-state index in [2.05, 4.69) is 0 Å². The third-order valence-electron chi connectivity index (χ3n) is 4.64. The van der Waals surface area contributed by atoms with Gasteiger partial charge in [-0.3, -0.25) is 13.7 Å². The standard InChI is InChI=1S/C16H11NO9S3/c17-14-15(28(21,22)23)9-3-1-7-2-6-11(27(18,19)20)8-4-5-10(13(9)12(7)8)16(14)29(24,25)26/h1-6H,17H2,(H,18,19,20)(H,21,22,23)(H,24,25,26). The fourth-order valence-electron chi connectivity index (χ4n) is 3.67. The Morgan fingerprint density at radius 3 is 1.52 bits per heavy atom. The molecule has 5 N–H and O–H groups in total. The summed E-state index contributed by atoms with van der Waals surface area (Å²) in [5.74, 6) is 0. The molecule has 0 unspecified atom stereocenters. The molecular formula is C16H11NO9S3. The van der Waals surface area contributed by atoms with E-state index in [1.807, 2.05) is 0 Å². The average molecular weight is 457 g/mol. The molecule has 0 saturated heterocycles. The highest BCUT2D eigenvalue weighted by Crippen LogP contribution is 2.45. The van der Waals surface area contributed by atoms with Crippen LogP contribution in [0.2, 0.25) is 0 Å². The van der Waals surface area contributed by atoms with Crippen LogP contribution in [0.5, 0.6) is 0 Å². The quantitative estimate of drug-likeness (QED) is 0.201. The smallest absolute Gasteiger partial charge is 0.297 e. The van der Waals surface area contributed by atoms with Crippen LogP contribution in [0.15, 0.2) is 51.1 Å². The molecule has 0 amide bonds. The van der Waals surface area contributed by atoms with E-state index in [-0.39, 0.29) is 26.9 Å². The summed E-state index contributed by atoms with van der Waals surface area (Å²) in [5.41, 5.74) is 4.84. The van der Waals surface area contributed by atoms with Crippen LogP contribution in [-0.2, 0) is 30.4 Å². The molecule has 0 aliphatic carbocycles. The number of nitrogen functional groups attached to an aromatic ring is 1. The van der Waals surface area contributed by atoms with Gasteiger partial charge in [0.15, 0.2) is 0 Å². The van der Waals surface area contributed by atoms with Crippen LogP contribution in [0.1, 0.15) is 0 Å². The van der Waals surface area contributed by atoms with Crippen LogP contribution >= 0.6 is 0 Å². The minimum Gasteiger partial charge on any atom is -0.396 e. The molecule has 0 atom stereocenters. The van der Waals surface area contributed by atoms with E-state index < -0.39 is 50.7 Å². The molecule has 4 aromatic carbocycles. The second-order valence-corrected chi connectivity index (χ2v) is 10.4. The highest BCUT2D eigenvalue weighted by atomic mass is 32.2. The molecule has 0 radical (unpaired) electrons. The van der Waals surface area contributed by atoms with E-state index in [0.29, 0.717) is 5.39 Å². The van der Waals surface area contributed by atoms with E-state index in [0.717, 1.165) is 12.1 Å². The van der Waals surface area contributed by atoms with Gasteiger partial charge in [-0.2, -0.15) is 25.3 Å². The Kier molecular flexibility index (Phi) is 3.91. The van der Waals surface area contributed by atoms with Crippen molar-refractivity contribution >= 4 is 68.4 Å². The number of hydrogen-bond acceptors (Lipinski definition) is 7. The topological polar surface area (TPSA) is 189 Å². The van der Waals surface area contributed by atoms with Crippen molar-refractivity contribution < 1.29 is 38.9 Å². The first-order valence-corrected chi connectivity index (χ1v) is 12.0. The molecular weight excluding hydrogens is 446 g/mol. The molecule has 4 aromatic rings. The molecule has 0 fully saturated rings. The maximum Gasteiger partial charge on any atom is 0.297 e. The predicted octanol–water partition coefficient (Wildman–Crippen LogP) is 1.91. The van der Waals surface area contributed by atoms with E-state index in [9.17, 15) is 38.9 Å². The van der Waals surface area contributed by atoms with E-state index in [1.165, 1.54) is 24.3 Å². The van der Waals surface area contributed by atoms with Gasteiger partial charge in [0.05, 0.1) is 5.69 Å². The molecule has 29 heavy (non-hydrogen) atoms. The number of benzene rings is 4. The highest BCUT2D eigenvalue weighted by molar-refractivity contribution is 7.87. The first-order valence-electron chi connectivity index (χ1n) is 7.68. The molecule has 0 saturated carbocycles. The number of nitrogens with two attached hydrogens (primary N) is 1. The zero-order valence-corrected chi connectivity index (χ0v) is 16.5. The van der Waals surface area contributed by atoms with Crippen molar-refractivity contribution in [2.75, 3.05) is 5.73 Å². The Morgan fingerprint density at radius 1 is 0.586 bits per heavy atom. The molecule has 4 rings (SSSR count). The monoisotopic (exact) mass is 457 g/mol. The first kappa shape index (κ1) is 19.8. The summed E-state index contributed by atoms with van der Waals surface area (Å²) in [6.07, 6.45) is 0. The number of anilines is 1. The van der Waals surface area contributed by atoms with Crippen LogP contribution in [0.4, 0.5) is 5.69 Å². The van der Waals surface area contributed by atoms with E-state index in [4.69, 9.17) is 5.73 Å². The summed E-state index contributed by atoms with van der Waals surface area (Å²) in [7, 11) is -14.8. The van der Waals surface area contributed by atoms with E-state index >= 15 is 0 Å². The SMILES string of the molecule is Nc1c(S(=O)(=O)O)c2ccc3ccc(S(=O)(=O)O)c4ccc(c1S(=O)(=O)O)c2c34. The zero-order chi connectivity index (χ0) is 21.5. The number of hydrogen-bond donors (Lipinski definition) is 4. The highest BCUT2D eigenvalue weighted by Gasteiger charge is 2.30. The largest absolute Gasteiger partial charge is 0.396 e. The van der Waals surface area contributed by atoms with Crippen molar-refractivity contribution in [1.29, 1.82) is 0 Å². The van der Waals surface area contributed by atoms with Crippen molar-refractivity contribution in [3.8, 4) is 0 Å². The van der Waals surface area contributed by atoms with Crippen molar-refractivity contribution in [2.45, 2.75) is 14.7 Å². The van der Waals surface area contributed by atoms with Gasteiger partial charge in [-0.25, -0.2) is 0 Å². The van der Waals surface area contributed by atoms with Crippen LogP contribution in [0, 0.1) is 0 Å². The summed E-state index contributed by atoms with van der Waals surface area (Å²) in [5, 5.41) is 0.0362. The lowest BCUT2D eigenvalue weighted by molar-refractivity contribution is 0.480. The molecule has 0 aliphatic rings.